The van der Waals surface area contributed by atoms with Crippen LogP contribution in [0.25, 0.3) is 0 Å². The van der Waals surface area contributed by atoms with Crippen molar-refractivity contribution in [2.75, 3.05) is 0 Å². The van der Waals surface area contributed by atoms with Crippen LogP contribution in [0.3, 0.4) is 0 Å². The largest absolute Gasteiger partial charge is 0.458 e. The van der Waals surface area contributed by atoms with E-state index in [-0.39, 0.29) is 23.6 Å². The molecule has 24 heavy (non-hydrogen) atoms. The van der Waals surface area contributed by atoms with Crippen molar-refractivity contribution in [3.63, 3.8) is 0 Å². The normalized spacial score (nSPS) is 37.1. The van der Waals surface area contributed by atoms with Gasteiger partial charge in [0.15, 0.2) is 5.78 Å². The predicted molar refractivity (Wildman–Crippen MR) is 93.3 cm³/mol. The molecule has 0 unspecified atom stereocenters. The number of rotatable bonds is 3. The Kier molecular flexibility index (Phi) is 5.10. The summed E-state index contributed by atoms with van der Waals surface area (Å²) in [4.78, 5) is 25.2. The first kappa shape index (κ1) is 18.9. The Morgan fingerprint density at radius 1 is 1.42 bits per heavy atom. The van der Waals surface area contributed by atoms with E-state index in [4.69, 9.17) is 4.74 Å². The molecule has 0 spiro atoms. The molecule has 0 radical (unpaired) electrons. The van der Waals surface area contributed by atoms with Crippen LogP contribution in [0.15, 0.2) is 23.3 Å². The number of carbonyl (C=O) groups excluding carboxylic acids is 2. The number of ketones is 1. The molecule has 0 aromatic carbocycles. The van der Waals surface area contributed by atoms with Crippen molar-refractivity contribution in [2.45, 2.75) is 72.5 Å². The van der Waals surface area contributed by atoms with Crippen LogP contribution in [0.4, 0.5) is 0 Å². The SMILES string of the molecule is C/C=C(/C)C(=O)O[C@@H]1CC(C)=CC(=O)[C@@]2(C)CC[C@@](O)(C(C)C)[C@H]12. The maximum atomic E-state index is 12.8. The molecule has 1 N–H and O–H groups in total. The zero-order chi connectivity index (χ0) is 18.3. The summed E-state index contributed by atoms with van der Waals surface area (Å²) < 4.78 is 5.81. The highest BCUT2D eigenvalue weighted by Crippen LogP contribution is 2.56. The first-order valence-corrected chi connectivity index (χ1v) is 8.84. The molecule has 0 aromatic heterocycles. The highest BCUT2D eigenvalue weighted by molar-refractivity contribution is 5.96. The summed E-state index contributed by atoms with van der Waals surface area (Å²) in [6.07, 6.45) is 4.57. The summed E-state index contributed by atoms with van der Waals surface area (Å²) in [5.74, 6) is -0.729. The molecule has 2 rings (SSSR count). The van der Waals surface area contributed by atoms with E-state index in [9.17, 15) is 14.7 Å². The van der Waals surface area contributed by atoms with E-state index in [1.807, 2.05) is 27.7 Å². The van der Waals surface area contributed by atoms with Gasteiger partial charge in [0.1, 0.15) is 6.10 Å². The zero-order valence-electron chi connectivity index (χ0n) is 15.7. The molecule has 0 bridgehead atoms. The van der Waals surface area contributed by atoms with Gasteiger partial charge in [0, 0.05) is 23.3 Å². The molecule has 2 aliphatic rings. The van der Waals surface area contributed by atoms with Crippen LogP contribution in [0.5, 0.6) is 0 Å². The van der Waals surface area contributed by atoms with Crippen molar-refractivity contribution >= 4 is 11.8 Å². The molecule has 0 amide bonds. The van der Waals surface area contributed by atoms with Gasteiger partial charge in [0.25, 0.3) is 0 Å². The lowest BCUT2D eigenvalue weighted by molar-refractivity contribution is -0.164. The summed E-state index contributed by atoms with van der Waals surface area (Å²) in [6, 6.07) is 0. The number of fused-ring (bicyclic) bond motifs is 1. The molecule has 0 aromatic rings. The molecular formula is C20H30O4. The van der Waals surface area contributed by atoms with Gasteiger partial charge in [0.05, 0.1) is 5.60 Å². The van der Waals surface area contributed by atoms with Gasteiger partial charge in [0.2, 0.25) is 0 Å². The first-order valence-electron chi connectivity index (χ1n) is 8.84. The third-order valence-electron chi connectivity index (χ3n) is 6.12. The van der Waals surface area contributed by atoms with Gasteiger partial charge in [-0.25, -0.2) is 4.79 Å². The predicted octanol–water partition coefficient (Wildman–Crippen LogP) is 3.59. The molecule has 1 fully saturated rings. The second kappa shape index (κ2) is 6.47. The van der Waals surface area contributed by atoms with Gasteiger partial charge in [-0.3, -0.25) is 4.79 Å². The van der Waals surface area contributed by atoms with Crippen molar-refractivity contribution in [2.24, 2.45) is 17.3 Å². The average molecular weight is 334 g/mol. The minimum Gasteiger partial charge on any atom is -0.458 e. The molecular weight excluding hydrogens is 304 g/mol. The molecule has 4 heteroatoms. The van der Waals surface area contributed by atoms with Crippen LogP contribution in [-0.2, 0) is 14.3 Å². The number of carbonyl (C=O) groups is 2. The fourth-order valence-electron chi connectivity index (χ4n) is 4.32. The summed E-state index contributed by atoms with van der Waals surface area (Å²) in [5, 5.41) is 11.4. The maximum Gasteiger partial charge on any atom is 0.333 e. The highest BCUT2D eigenvalue weighted by Gasteiger charge is 2.62. The third-order valence-corrected chi connectivity index (χ3v) is 6.12. The zero-order valence-corrected chi connectivity index (χ0v) is 15.7. The smallest absolute Gasteiger partial charge is 0.333 e. The van der Waals surface area contributed by atoms with Gasteiger partial charge >= 0.3 is 5.97 Å². The van der Waals surface area contributed by atoms with Crippen molar-refractivity contribution in [1.82, 2.24) is 0 Å². The Balaban J connectivity index is 2.48. The number of hydrogen-bond donors (Lipinski definition) is 1. The summed E-state index contributed by atoms with van der Waals surface area (Å²) in [6.45, 7) is 11.3. The van der Waals surface area contributed by atoms with E-state index in [0.717, 1.165) is 5.57 Å². The lowest BCUT2D eigenvalue weighted by Gasteiger charge is -2.42. The van der Waals surface area contributed by atoms with E-state index < -0.39 is 17.1 Å². The fourth-order valence-corrected chi connectivity index (χ4v) is 4.32. The van der Waals surface area contributed by atoms with Gasteiger partial charge in [-0.2, -0.15) is 0 Å². The summed E-state index contributed by atoms with van der Waals surface area (Å²) in [7, 11) is 0. The Bertz CT molecular complexity index is 601. The molecule has 0 aliphatic heterocycles. The Hall–Kier alpha value is -1.42. The molecule has 0 saturated heterocycles. The lowest BCUT2D eigenvalue weighted by atomic mass is 9.67. The minimum absolute atomic E-state index is 0.0143. The Labute approximate surface area is 145 Å². The Morgan fingerprint density at radius 3 is 2.58 bits per heavy atom. The number of allylic oxidation sites excluding steroid dienone is 2. The van der Waals surface area contributed by atoms with Crippen LogP contribution >= 0.6 is 0 Å². The third kappa shape index (κ3) is 2.97. The number of ether oxygens (including phenoxy) is 1. The van der Waals surface area contributed by atoms with Crippen molar-refractivity contribution < 1.29 is 19.4 Å². The first-order chi connectivity index (χ1) is 11.1. The summed E-state index contributed by atoms with van der Waals surface area (Å²) in [5.41, 5.74) is -0.249. The Morgan fingerprint density at radius 2 is 2.04 bits per heavy atom. The second-order valence-electron chi connectivity index (χ2n) is 8.02. The van der Waals surface area contributed by atoms with Crippen molar-refractivity contribution in [3.05, 3.63) is 23.3 Å². The average Bonchev–Trinajstić information content (AvgIpc) is 2.74. The lowest BCUT2D eigenvalue weighted by Crippen LogP contribution is -2.52. The van der Waals surface area contributed by atoms with Crippen LogP contribution in [0.2, 0.25) is 0 Å². The molecule has 0 heterocycles. The summed E-state index contributed by atoms with van der Waals surface area (Å²) >= 11 is 0. The standard InChI is InChI=1S/C20H30O4/c1-7-14(5)18(22)24-15-10-13(4)11-16(21)19(6)8-9-20(23,12(2)3)17(15)19/h7,11-12,15,17,23H,8-10H2,1-6H3/b14-7-/t15-,17-,19-,20-/m1/s1. The maximum absolute atomic E-state index is 12.8. The van der Waals surface area contributed by atoms with E-state index in [1.54, 1.807) is 26.0 Å². The number of esters is 1. The van der Waals surface area contributed by atoms with Crippen LogP contribution in [0.1, 0.15) is 60.8 Å². The number of hydrogen-bond acceptors (Lipinski definition) is 4. The van der Waals surface area contributed by atoms with E-state index in [1.165, 1.54) is 0 Å². The van der Waals surface area contributed by atoms with Gasteiger partial charge in [-0.15, -0.1) is 0 Å². The monoisotopic (exact) mass is 334 g/mol. The van der Waals surface area contributed by atoms with Crippen LogP contribution in [0, 0.1) is 17.3 Å². The van der Waals surface area contributed by atoms with Gasteiger partial charge in [-0.05, 0) is 45.6 Å². The molecule has 4 nitrogen and oxygen atoms in total. The second-order valence-corrected chi connectivity index (χ2v) is 8.02. The highest BCUT2D eigenvalue weighted by atomic mass is 16.5. The minimum atomic E-state index is -1.00. The van der Waals surface area contributed by atoms with Crippen molar-refractivity contribution in [3.8, 4) is 0 Å². The van der Waals surface area contributed by atoms with E-state index >= 15 is 0 Å². The van der Waals surface area contributed by atoms with Gasteiger partial charge in [-0.1, -0.05) is 32.4 Å². The van der Waals surface area contributed by atoms with Crippen molar-refractivity contribution in [1.29, 1.82) is 0 Å². The van der Waals surface area contributed by atoms with E-state index in [2.05, 4.69) is 0 Å². The number of aliphatic hydroxyl groups is 1. The quantitative estimate of drug-likeness (QED) is 0.633. The van der Waals surface area contributed by atoms with Crippen LogP contribution < -0.4 is 0 Å². The molecule has 2 aliphatic carbocycles. The molecule has 134 valence electrons. The fraction of sp³-hybridized carbons (Fsp3) is 0.700. The molecule has 1 saturated carbocycles. The van der Waals surface area contributed by atoms with Crippen LogP contribution in [-0.4, -0.2) is 28.6 Å². The topological polar surface area (TPSA) is 63.6 Å². The van der Waals surface area contributed by atoms with E-state index in [0.29, 0.717) is 24.8 Å². The molecule has 4 atom stereocenters. The van der Waals surface area contributed by atoms with Gasteiger partial charge < -0.3 is 9.84 Å².